The topological polar surface area (TPSA) is 138 Å². The highest BCUT2D eigenvalue weighted by Crippen LogP contribution is 2.30. The van der Waals surface area contributed by atoms with E-state index in [4.69, 9.17) is 9.47 Å². The number of rotatable bonds is 9. The third kappa shape index (κ3) is 8.32. The number of nitrogens with zero attached hydrogens (tertiary/aromatic N) is 2. The molecule has 2 aliphatic rings. The van der Waals surface area contributed by atoms with Crippen LogP contribution in [0.1, 0.15) is 51.5 Å². The van der Waals surface area contributed by atoms with E-state index in [0.29, 0.717) is 23.6 Å². The molecule has 2 aromatic rings. The largest absolute Gasteiger partial charge is 0.497 e. The number of carbonyl (C=O) groups is 2. The molecule has 1 aliphatic carbocycles. The molecule has 4 rings (SSSR count). The molecule has 0 radical (unpaired) electrons. The van der Waals surface area contributed by atoms with Crippen molar-refractivity contribution in [1.29, 1.82) is 0 Å². The number of aliphatic hydroxyl groups is 1. The first-order chi connectivity index (χ1) is 20.5. The van der Waals surface area contributed by atoms with Crippen LogP contribution in [0, 0.1) is 5.92 Å². The van der Waals surface area contributed by atoms with Gasteiger partial charge in [-0.3, -0.25) is 9.52 Å². The molecule has 0 aromatic heterocycles. The Balaban J connectivity index is 1.59. The minimum Gasteiger partial charge on any atom is -0.497 e. The number of anilines is 1. The maximum Gasteiger partial charge on any atom is 0.317 e. The second-order valence-corrected chi connectivity index (χ2v) is 13.3. The number of amides is 3. The van der Waals surface area contributed by atoms with Crippen LogP contribution in [0.25, 0.3) is 0 Å². The van der Waals surface area contributed by atoms with Crippen LogP contribution >= 0.6 is 0 Å². The molecule has 0 spiro atoms. The zero-order valence-electron chi connectivity index (χ0n) is 25.4. The number of nitrogens with one attached hydrogen (secondary N) is 2. The SMILES string of the molecule is COc1ccc(S(=O)(=O)Nc2ccc3c(c2)CC(=O)N([C@@H](C)CO)C[C@@H](C)[C@@H](CN(C)C(=O)NC2CCCCC2)O3)cc1. The van der Waals surface area contributed by atoms with Gasteiger partial charge >= 0.3 is 6.03 Å². The van der Waals surface area contributed by atoms with Gasteiger partial charge in [0, 0.05) is 36.8 Å². The van der Waals surface area contributed by atoms with Crippen LogP contribution in [0.4, 0.5) is 10.5 Å². The van der Waals surface area contributed by atoms with Crippen LogP contribution < -0.4 is 19.5 Å². The predicted molar refractivity (Wildman–Crippen MR) is 164 cm³/mol. The molecule has 1 saturated carbocycles. The fraction of sp³-hybridized carbons (Fsp3) is 0.548. The number of likely N-dealkylation sites (N-methyl/N-ethyl adjacent to an activating group) is 1. The average Bonchev–Trinajstić information content (AvgIpc) is 3.04. The summed E-state index contributed by atoms with van der Waals surface area (Å²) >= 11 is 0. The summed E-state index contributed by atoms with van der Waals surface area (Å²) in [6.45, 7) is 4.14. The van der Waals surface area contributed by atoms with Crippen molar-refractivity contribution in [3.63, 3.8) is 0 Å². The standard InChI is InChI=1S/C31H44N4O7S/c1-21-18-35(22(2)20-36)30(37)17-23-16-25(33-43(39,40)27-13-11-26(41-4)12-14-27)10-15-28(23)42-29(21)19-34(3)31(38)32-24-8-6-5-7-9-24/h10-16,21-22,24,29,33,36H,5-9,17-20H2,1-4H3,(H,32,38)/t21-,22+,29-/m1/s1. The minimum absolute atomic E-state index is 0.0464. The van der Waals surface area contributed by atoms with Crippen molar-refractivity contribution >= 4 is 27.6 Å². The first kappa shape index (κ1) is 32.4. The fourth-order valence-electron chi connectivity index (χ4n) is 5.56. The van der Waals surface area contributed by atoms with E-state index in [-0.39, 0.29) is 54.1 Å². The molecule has 1 heterocycles. The smallest absolute Gasteiger partial charge is 0.317 e. The van der Waals surface area contributed by atoms with E-state index in [0.717, 1.165) is 25.7 Å². The molecule has 0 saturated heterocycles. The number of sulfonamides is 1. The van der Waals surface area contributed by atoms with E-state index < -0.39 is 22.2 Å². The summed E-state index contributed by atoms with van der Waals surface area (Å²) in [6.07, 6.45) is 4.85. The Bertz CT molecular complexity index is 1360. The lowest BCUT2D eigenvalue weighted by molar-refractivity contribution is -0.134. The molecule has 3 N–H and O–H groups in total. The maximum absolute atomic E-state index is 13.5. The summed E-state index contributed by atoms with van der Waals surface area (Å²) in [5.41, 5.74) is 0.782. The number of benzene rings is 2. The van der Waals surface area contributed by atoms with Gasteiger partial charge in [-0.25, -0.2) is 13.2 Å². The second-order valence-electron chi connectivity index (χ2n) is 11.7. The summed E-state index contributed by atoms with van der Waals surface area (Å²) < 4.78 is 40.4. The van der Waals surface area contributed by atoms with Gasteiger partial charge in [-0.2, -0.15) is 0 Å². The Morgan fingerprint density at radius 2 is 1.86 bits per heavy atom. The second kappa shape index (κ2) is 14.3. The molecular weight excluding hydrogens is 572 g/mol. The molecular formula is C31H44N4O7S. The van der Waals surface area contributed by atoms with Crippen molar-refractivity contribution < 1.29 is 32.6 Å². The molecule has 3 atom stereocenters. The van der Waals surface area contributed by atoms with E-state index >= 15 is 0 Å². The lowest BCUT2D eigenvalue weighted by Gasteiger charge is -2.34. The van der Waals surface area contributed by atoms with Crippen molar-refractivity contribution in [2.24, 2.45) is 5.92 Å². The number of fused-ring (bicyclic) bond motifs is 1. The molecule has 1 fully saturated rings. The van der Waals surface area contributed by atoms with Crippen molar-refractivity contribution in [1.82, 2.24) is 15.1 Å². The lowest BCUT2D eigenvalue weighted by Crippen LogP contribution is -2.50. The monoisotopic (exact) mass is 616 g/mol. The quantitative estimate of drug-likeness (QED) is 0.391. The third-order valence-electron chi connectivity index (χ3n) is 8.27. The summed E-state index contributed by atoms with van der Waals surface area (Å²) in [5.74, 6) is 0.589. The highest BCUT2D eigenvalue weighted by Gasteiger charge is 2.32. The third-order valence-corrected chi connectivity index (χ3v) is 9.67. The molecule has 2 aromatic carbocycles. The van der Waals surface area contributed by atoms with Crippen LogP contribution in [-0.2, 0) is 21.2 Å². The van der Waals surface area contributed by atoms with Crippen LogP contribution in [0.2, 0.25) is 0 Å². The molecule has 12 heteroatoms. The Hall–Kier alpha value is -3.51. The summed E-state index contributed by atoms with van der Waals surface area (Å²) in [7, 11) is -0.676. The molecule has 43 heavy (non-hydrogen) atoms. The Labute approximate surface area is 254 Å². The average molecular weight is 617 g/mol. The number of carbonyl (C=O) groups excluding carboxylic acids is 2. The first-order valence-electron chi connectivity index (χ1n) is 14.9. The Kier molecular flexibility index (Phi) is 10.8. The lowest BCUT2D eigenvalue weighted by atomic mass is 9.96. The maximum atomic E-state index is 13.5. The van der Waals surface area contributed by atoms with E-state index in [1.165, 1.54) is 25.7 Å². The van der Waals surface area contributed by atoms with Gasteiger partial charge in [-0.05, 0) is 62.2 Å². The van der Waals surface area contributed by atoms with Gasteiger partial charge in [-0.15, -0.1) is 0 Å². The zero-order valence-corrected chi connectivity index (χ0v) is 26.2. The zero-order chi connectivity index (χ0) is 31.1. The molecule has 0 unspecified atom stereocenters. The van der Waals surface area contributed by atoms with Crippen LogP contribution in [0.5, 0.6) is 11.5 Å². The van der Waals surface area contributed by atoms with Crippen molar-refractivity contribution in [2.75, 3.05) is 38.6 Å². The number of ether oxygens (including phenoxy) is 2. The van der Waals surface area contributed by atoms with Crippen molar-refractivity contribution in [3.8, 4) is 11.5 Å². The molecule has 11 nitrogen and oxygen atoms in total. The first-order valence-corrected chi connectivity index (χ1v) is 16.4. The van der Waals surface area contributed by atoms with Crippen LogP contribution in [0.15, 0.2) is 47.4 Å². The summed E-state index contributed by atoms with van der Waals surface area (Å²) in [6, 6.07) is 10.5. The number of methoxy groups -OCH3 is 1. The highest BCUT2D eigenvalue weighted by atomic mass is 32.2. The number of urea groups is 1. The fourth-order valence-corrected chi connectivity index (χ4v) is 6.61. The van der Waals surface area contributed by atoms with E-state index in [1.54, 1.807) is 54.1 Å². The van der Waals surface area contributed by atoms with Crippen LogP contribution in [-0.4, -0.2) is 87.3 Å². The van der Waals surface area contributed by atoms with Gasteiger partial charge in [0.05, 0.1) is 37.6 Å². The molecule has 3 amide bonds. The van der Waals surface area contributed by atoms with E-state index in [9.17, 15) is 23.1 Å². The van der Waals surface area contributed by atoms with E-state index in [2.05, 4.69) is 10.0 Å². The number of hydrogen-bond acceptors (Lipinski definition) is 7. The normalized spacial score (nSPS) is 20.5. The van der Waals surface area contributed by atoms with Crippen LogP contribution in [0.3, 0.4) is 0 Å². The van der Waals surface area contributed by atoms with E-state index in [1.807, 2.05) is 6.92 Å². The Morgan fingerprint density at radius 1 is 1.16 bits per heavy atom. The molecule has 236 valence electrons. The van der Waals surface area contributed by atoms with Crippen molar-refractivity contribution in [3.05, 3.63) is 48.0 Å². The summed E-state index contributed by atoms with van der Waals surface area (Å²) in [5, 5.41) is 13.0. The van der Waals surface area contributed by atoms with Gasteiger partial charge in [0.1, 0.15) is 17.6 Å². The van der Waals surface area contributed by atoms with Gasteiger partial charge in [0.15, 0.2) is 0 Å². The predicted octanol–water partition coefficient (Wildman–Crippen LogP) is 3.62. The minimum atomic E-state index is -3.91. The number of hydrogen-bond donors (Lipinski definition) is 3. The summed E-state index contributed by atoms with van der Waals surface area (Å²) in [4.78, 5) is 29.9. The van der Waals surface area contributed by atoms with Crippen molar-refractivity contribution in [2.45, 2.75) is 75.5 Å². The van der Waals surface area contributed by atoms with Gasteiger partial charge in [0.25, 0.3) is 10.0 Å². The Morgan fingerprint density at radius 3 is 2.51 bits per heavy atom. The van der Waals surface area contributed by atoms with Gasteiger partial charge < -0.3 is 29.7 Å². The molecule has 0 bridgehead atoms. The molecule has 1 aliphatic heterocycles. The van der Waals surface area contributed by atoms with Gasteiger partial charge in [-0.1, -0.05) is 26.2 Å². The highest BCUT2D eigenvalue weighted by molar-refractivity contribution is 7.92. The number of aliphatic hydroxyl groups excluding tert-OH is 1. The van der Waals surface area contributed by atoms with Gasteiger partial charge in [0.2, 0.25) is 5.91 Å².